The molecule has 2 aliphatic rings. The third-order valence-electron chi connectivity index (χ3n) is 2.18. The molecule has 0 spiro atoms. The molecule has 68 valence electrons. The SMILES string of the molecule is C[C@@H]1C[C@@H]2NC(=O)O[C@H]2[C@H](O)O1. The molecule has 2 rings (SSSR count). The molecule has 0 radical (unpaired) electrons. The van der Waals surface area contributed by atoms with E-state index in [9.17, 15) is 9.90 Å². The van der Waals surface area contributed by atoms with Crippen LogP contribution >= 0.6 is 0 Å². The van der Waals surface area contributed by atoms with Crippen LogP contribution in [0.3, 0.4) is 0 Å². The first-order valence-corrected chi connectivity index (χ1v) is 3.97. The highest BCUT2D eigenvalue weighted by molar-refractivity contribution is 5.70. The third-order valence-corrected chi connectivity index (χ3v) is 2.18. The molecule has 12 heavy (non-hydrogen) atoms. The predicted molar refractivity (Wildman–Crippen MR) is 38.4 cm³/mol. The Bertz CT molecular complexity index is 208. The summed E-state index contributed by atoms with van der Waals surface area (Å²) in [7, 11) is 0. The van der Waals surface area contributed by atoms with E-state index in [4.69, 9.17) is 9.47 Å². The number of alkyl carbamates (subject to hydrolysis) is 1. The van der Waals surface area contributed by atoms with Crippen molar-refractivity contribution in [2.75, 3.05) is 0 Å². The Morgan fingerprint density at radius 1 is 1.67 bits per heavy atom. The topological polar surface area (TPSA) is 67.8 Å². The molecule has 2 aliphatic heterocycles. The minimum atomic E-state index is -0.988. The number of hydrogen-bond donors (Lipinski definition) is 2. The van der Waals surface area contributed by atoms with Crippen LogP contribution in [-0.4, -0.2) is 35.7 Å². The minimum absolute atomic E-state index is 0.0387. The molecule has 0 aliphatic carbocycles. The summed E-state index contributed by atoms with van der Waals surface area (Å²) in [6, 6.07) is -0.101. The van der Waals surface area contributed by atoms with Crippen LogP contribution in [0.4, 0.5) is 4.79 Å². The van der Waals surface area contributed by atoms with E-state index in [1.807, 2.05) is 6.92 Å². The summed E-state index contributed by atoms with van der Waals surface area (Å²) in [5, 5.41) is 11.9. The zero-order valence-electron chi connectivity index (χ0n) is 6.69. The molecule has 2 fully saturated rings. The van der Waals surface area contributed by atoms with Crippen LogP contribution in [-0.2, 0) is 9.47 Å². The molecule has 4 atom stereocenters. The van der Waals surface area contributed by atoms with Gasteiger partial charge in [-0.25, -0.2) is 4.79 Å². The van der Waals surface area contributed by atoms with E-state index in [-0.39, 0.29) is 12.1 Å². The summed E-state index contributed by atoms with van der Waals surface area (Å²) in [5.74, 6) is 0. The van der Waals surface area contributed by atoms with Gasteiger partial charge in [-0.3, -0.25) is 0 Å². The normalized spacial score (nSPS) is 46.3. The quantitative estimate of drug-likeness (QED) is 0.522. The lowest BCUT2D eigenvalue weighted by atomic mass is 10.0. The van der Waals surface area contributed by atoms with E-state index in [0.29, 0.717) is 6.42 Å². The molecule has 0 unspecified atom stereocenters. The summed E-state index contributed by atoms with van der Waals surface area (Å²) in [6.07, 6.45) is -1.34. The molecule has 2 heterocycles. The van der Waals surface area contributed by atoms with Gasteiger partial charge in [-0.2, -0.15) is 0 Å². The van der Waals surface area contributed by atoms with Crippen molar-refractivity contribution in [2.24, 2.45) is 0 Å². The number of aliphatic hydroxyl groups is 1. The number of fused-ring (bicyclic) bond motifs is 1. The van der Waals surface area contributed by atoms with Gasteiger partial charge in [0.25, 0.3) is 0 Å². The summed E-state index contributed by atoms with van der Waals surface area (Å²) in [5.41, 5.74) is 0. The van der Waals surface area contributed by atoms with Crippen LogP contribution in [0.25, 0.3) is 0 Å². The number of nitrogens with one attached hydrogen (secondary N) is 1. The van der Waals surface area contributed by atoms with Crippen molar-refractivity contribution in [3.05, 3.63) is 0 Å². The average molecular weight is 173 g/mol. The standard InChI is InChI=1S/C7H11NO4/c1-3-2-4-5(6(9)11-3)12-7(10)8-4/h3-6,9H,2H2,1H3,(H,8,10)/t3-,4+,5-,6-/m1/s1. The van der Waals surface area contributed by atoms with Crippen molar-refractivity contribution < 1.29 is 19.4 Å². The highest BCUT2D eigenvalue weighted by atomic mass is 16.7. The van der Waals surface area contributed by atoms with Crippen molar-refractivity contribution >= 4 is 6.09 Å². The molecule has 0 aromatic carbocycles. The molecular weight excluding hydrogens is 162 g/mol. The van der Waals surface area contributed by atoms with Crippen LogP contribution in [0, 0.1) is 0 Å². The molecule has 0 aromatic rings. The van der Waals surface area contributed by atoms with Gasteiger partial charge in [-0.1, -0.05) is 0 Å². The number of hydrogen-bond acceptors (Lipinski definition) is 4. The molecule has 0 bridgehead atoms. The van der Waals surface area contributed by atoms with Gasteiger partial charge >= 0.3 is 6.09 Å². The number of carbonyl (C=O) groups excluding carboxylic acids is 1. The lowest BCUT2D eigenvalue weighted by molar-refractivity contribution is -0.206. The third kappa shape index (κ3) is 1.15. The first-order chi connectivity index (χ1) is 5.66. The van der Waals surface area contributed by atoms with Gasteiger partial charge in [-0.05, 0) is 13.3 Å². The lowest BCUT2D eigenvalue weighted by Crippen LogP contribution is -2.48. The van der Waals surface area contributed by atoms with Crippen LogP contribution in [0.5, 0.6) is 0 Å². The zero-order valence-corrected chi connectivity index (χ0v) is 6.69. The fraction of sp³-hybridized carbons (Fsp3) is 0.857. The van der Waals surface area contributed by atoms with E-state index in [1.165, 1.54) is 0 Å². The number of aliphatic hydroxyl groups excluding tert-OH is 1. The lowest BCUT2D eigenvalue weighted by Gasteiger charge is -2.31. The Balaban J connectivity index is 2.10. The average Bonchev–Trinajstić information content (AvgIpc) is 2.29. The van der Waals surface area contributed by atoms with Gasteiger partial charge in [0.05, 0.1) is 12.1 Å². The Hall–Kier alpha value is -0.810. The second kappa shape index (κ2) is 2.60. The molecule has 5 nitrogen and oxygen atoms in total. The van der Waals surface area contributed by atoms with Gasteiger partial charge in [0.1, 0.15) is 0 Å². The zero-order chi connectivity index (χ0) is 8.72. The van der Waals surface area contributed by atoms with Crippen molar-refractivity contribution in [3.63, 3.8) is 0 Å². The summed E-state index contributed by atoms with van der Waals surface area (Å²) >= 11 is 0. The van der Waals surface area contributed by atoms with E-state index >= 15 is 0 Å². The first-order valence-electron chi connectivity index (χ1n) is 3.97. The van der Waals surface area contributed by atoms with Crippen LogP contribution < -0.4 is 5.32 Å². The Morgan fingerprint density at radius 2 is 2.42 bits per heavy atom. The fourth-order valence-corrected chi connectivity index (χ4v) is 1.65. The number of carbonyl (C=O) groups is 1. The maximum atomic E-state index is 10.8. The van der Waals surface area contributed by atoms with E-state index in [1.54, 1.807) is 0 Å². The van der Waals surface area contributed by atoms with Crippen LogP contribution in [0.2, 0.25) is 0 Å². The summed E-state index contributed by atoms with van der Waals surface area (Å²) in [6.45, 7) is 1.85. The molecule has 0 saturated carbocycles. The fourth-order valence-electron chi connectivity index (χ4n) is 1.65. The van der Waals surface area contributed by atoms with Gasteiger partial charge < -0.3 is 19.9 Å². The van der Waals surface area contributed by atoms with E-state index in [2.05, 4.69) is 5.32 Å². The number of rotatable bonds is 0. The van der Waals surface area contributed by atoms with Crippen LogP contribution in [0.1, 0.15) is 13.3 Å². The maximum absolute atomic E-state index is 10.8. The second-order valence-corrected chi connectivity index (χ2v) is 3.19. The molecule has 1 amide bonds. The van der Waals surface area contributed by atoms with Crippen molar-refractivity contribution in [1.82, 2.24) is 5.32 Å². The van der Waals surface area contributed by atoms with Gasteiger partial charge in [0, 0.05) is 0 Å². The molecular formula is C7H11NO4. The highest BCUT2D eigenvalue weighted by Gasteiger charge is 2.44. The number of ether oxygens (including phenoxy) is 2. The first kappa shape index (κ1) is 7.82. The minimum Gasteiger partial charge on any atom is -0.439 e. The van der Waals surface area contributed by atoms with E-state index < -0.39 is 18.5 Å². The Labute approximate surface area is 69.6 Å². The Morgan fingerprint density at radius 3 is 3.17 bits per heavy atom. The van der Waals surface area contributed by atoms with Gasteiger partial charge in [-0.15, -0.1) is 0 Å². The van der Waals surface area contributed by atoms with Crippen molar-refractivity contribution in [1.29, 1.82) is 0 Å². The number of amides is 1. The highest BCUT2D eigenvalue weighted by Crippen LogP contribution is 2.24. The predicted octanol–water partition coefficient (Wildman–Crippen LogP) is -0.409. The molecule has 2 N–H and O–H groups in total. The van der Waals surface area contributed by atoms with Crippen molar-refractivity contribution in [2.45, 2.75) is 37.9 Å². The molecule has 2 saturated heterocycles. The smallest absolute Gasteiger partial charge is 0.408 e. The van der Waals surface area contributed by atoms with Crippen molar-refractivity contribution in [3.8, 4) is 0 Å². The molecule has 5 heteroatoms. The largest absolute Gasteiger partial charge is 0.439 e. The van der Waals surface area contributed by atoms with Crippen LogP contribution in [0.15, 0.2) is 0 Å². The maximum Gasteiger partial charge on any atom is 0.408 e. The molecule has 0 aromatic heterocycles. The monoisotopic (exact) mass is 173 g/mol. The van der Waals surface area contributed by atoms with Gasteiger partial charge in [0.15, 0.2) is 12.4 Å². The summed E-state index contributed by atoms with van der Waals surface area (Å²) in [4.78, 5) is 10.8. The Kier molecular flexibility index (Phi) is 1.69. The van der Waals surface area contributed by atoms with E-state index in [0.717, 1.165) is 0 Å². The van der Waals surface area contributed by atoms with Gasteiger partial charge in [0.2, 0.25) is 0 Å². The second-order valence-electron chi connectivity index (χ2n) is 3.19. The summed E-state index contributed by atoms with van der Waals surface area (Å²) < 4.78 is 9.89.